The summed E-state index contributed by atoms with van der Waals surface area (Å²) in [5.74, 6) is 0. The van der Waals surface area contributed by atoms with E-state index in [1.165, 1.54) is 25.9 Å². The molecule has 0 spiro atoms. The molecule has 2 heteroatoms. The van der Waals surface area contributed by atoms with Crippen molar-refractivity contribution in [2.24, 2.45) is 5.41 Å². The normalized spacial score (nSPS) is 26.2. The Hall–Kier alpha value is -0.0800. The maximum Gasteiger partial charge on any atom is 0.0218 e. The van der Waals surface area contributed by atoms with Crippen LogP contribution < -0.4 is 5.32 Å². The van der Waals surface area contributed by atoms with E-state index in [2.05, 4.69) is 44.8 Å². The van der Waals surface area contributed by atoms with Crippen LogP contribution in [0, 0.1) is 5.41 Å². The highest BCUT2D eigenvalue weighted by Crippen LogP contribution is 2.29. The van der Waals surface area contributed by atoms with Crippen molar-refractivity contribution in [1.82, 2.24) is 10.2 Å². The molecular weight excluding hydrogens is 184 g/mol. The summed E-state index contributed by atoms with van der Waals surface area (Å²) in [5.41, 5.74) is 0.512. The summed E-state index contributed by atoms with van der Waals surface area (Å²) < 4.78 is 0. The Morgan fingerprint density at radius 3 is 2.53 bits per heavy atom. The molecule has 0 aromatic heterocycles. The number of rotatable bonds is 4. The number of nitrogens with zero attached hydrogens (tertiary/aromatic N) is 1. The first-order valence-electron chi connectivity index (χ1n) is 6.44. The zero-order chi connectivity index (χ0) is 11.5. The summed E-state index contributed by atoms with van der Waals surface area (Å²) in [6.45, 7) is 15.2. The Morgan fingerprint density at radius 1 is 1.33 bits per heavy atom. The number of likely N-dealkylation sites (tertiary alicyclic amines) is 1. The fourth-order valence-electron chi connectivity index (χ4n) is 2.62. The van der Waals surface area contributed by atoms with E-state index < -0.39 is 0 Å². The molecule has 0 amide bonds. The van der Waals surface area contributed by atoms with E-state index in [1.807, 2.05) is 0 Å². The smallest absolute Gasteiger partial charge is 0.0218 e. The Bertz CT molecular complexity index is 189. The minimum atomic E-state index is 0.512. The minimum Gasteiger partial charge on any atom is -0.313 e. The van der Waals surface area contributed by atoms with Crippen LogP contribution in [0.5, 0.6) is 0 Å². The highest BCUT2D eigenvalue weighted by Gasteiger charge is 2.30. The van der Waals surface area contributed by atoms with Gasteiger partial charge in [0.1, 0.15) is 0 Å². The molecule has 1 saturated heterocycles. The number of likely N-dealkylation sites (N-methyl/N-ethyl adjacent to an activating group) is 1. The van der Waals surface area contributed by atoms with Crippen molar-refractivity contribution in [3.8, 4) is 0 Å². The Kier molecular flexibility index (Phi) is 4.60. The maximum atomic E-state index is 3.53. The summed E-state index contributed by atoms with van der Waals surface area (Å²) in [6, 6.07) is 1.26. The van der Waals surface area contributed by atoms with Gasteiger partial charge in [0, 0.05) is 18.6 Å². The van der Waals surface area contributed by atoms with Crippen molar-refractivity contribution in [3.05, 3.63) is 0 Å². The minimum absolute atomic E-state index is 0.512. The molecule has 1 aliphatic heterocycles. The van der Waals surface area contributed by atoms with Gasteiger partial charge >= 0.3 is 0 Å². The zero-order valence-electron chi connectivity index (χ0n) is 11.1. The molecule has 2 unspecified atom stereocenters. The average molecular weight is 212 g/mol. The van der Waals surface area contributed by atoms with E-state index in [9.17, 15) is 0 Å². The first-order chi connectivity index (χ1) is 6.96. The second-order valence-electron chi connectivity index (χ2n) is 5.83. The molecule has 90 valence electrons. The molecular formula is C13H28N2. The van der Waals surface area contributed by atoms with Crippen molar-refractivity contribution in [3.63, 3.8) is 0 Å². The summed E-state index contributed by atoms with van der Waals surface area (Å²) in [4.78, 5) is 2.65. The lowest BCUT2D eigenvalue weighted by Gasteiger charge is -2.43. The molecule has 0 bridgehead atoms. The number of nitrogens with one attached hydrogen (secondary N) is 1. The van der Waals surface area contributed by atoms with E-state index in [1.54, 1.807) is 0 Å². The highest BCUT2D eigenvalue weighted by atomic mass is 15.2. The molecule has 0 radical (unpaired) electrons. The standard InChI is InChI=1S/C13H28N2/c1-6-14-11(2)12(3)15-9-7-8-13(4,5)10-15/h11-12,14H,6-10H2,1-5H3. The molecule has 2 nitrogen and oxygen atoms in total. The Labute approximate surface area is 95.4 Å². The van der Waals surface area contributed by atoms with Crippen LogP contribution in [0.15, 0.2) is 0 Å². The highest BCUT2D eigenvalue weighted by molar-refractivity contribution is 4.85. The van der Waals surface area contributed by atoms with Gasteiger partial charge in [-0.2, -0.15) is 0 Å². The molecule has 2 atom stereocenters. The van der Waals surface area contributed by atoms with Gasteiger partial charge in [-0.1, -0.05) is 20.8 Å². The van der Waals surface area contributed by atoms with Crippen LogP contribution >= 0.6 is 0 Å². The van der Waals surface area contributed by atoms with Gasteiger partial charge in [0.25, 0.3) is 0 Å². The fourth-order valence-corrected chi connectivity index (χ4v) is 2.62. The molecule has 0 saturated carbocycles. The van der Waals surface area contributed by atoms with E-state index in [0.717, 1.165) is 6.54 Å². The monoisotopic (exact) mass is 212 g/mol. The predicted molar refractivity (Wildman–Crippen MR) is 67.2 cm³/mol. The summed E-state index contributed by atoms with van der Waals surface area (Å²) in [7, 11) is 0. The van der Waals surface area contributed by atoms with E-state index in [-0.39, 0.29) is 0 Å². The molecule has 1 N–H and O–H groups in total. The molecule has 0 aromatic rings. The topological polar surface area (TPSA) is 15.3 Å². The fraction of sp³-hybridized carbons (Fsp3) is 1.00. The molecule has 1 aliphatic rings. The second kappa shape index (κ2) is 5.31. The van der Waals surface area contributed by atoms with Crippen molar-refractivity contribution in [2.45, 2.75) is 59.5 Å². The third-order valence-electron chi connectivity index (χ3n) is 3.76. The van der Waals surface area contributed by atoms with Gasteiger partial charge in [0.2, 0.25) is 0 Å². The van der Waals surface area contributed by atoms with Gasteiger partial charge in [-0.05, 0) is 45.2 Å². The summed E-state index contributed by atoms with van der Waals surface area (Å²) in [5, 5.41) is 3.53. The zero-order valence-corrected chi connectivity index (χ0v) is 11.1. The molecule has 15 heavy (non-hydrogen) atoms. The SMILES string of the molecule is CCNC(C)C(C)N1CCCC(C)(C)C1. The first kappa shape index (κ1) is 13.0. The van der Waals surface area contributed by atoms with Crippen molar-refractivity contribution >= 4 is 0 Å². The molecule has 1 heterocycles. The first-order valence-corrected chi connectivity index (χ1v) is 6.44. The van der Waals surface area contributed by atoms with Crippen LogP contribution in [0.2, 0.25) is 0 Å². The molecule has 0 aliphatic carbocycles. The second-order valence-corrected chi connectivity index (χ2v) is 5.83. The van der Waals surface area contributed by atoms with Gasteiger partial charge in [-0.25, -0.2) is 0 Å². The number of hydrogen-bond acceptors (Lipinski definition) is 2. The average Bonchev–Trinajstić information content (AvgIpc) is 2.15. The number of piperidine rings is 1. The third-order valence-corrected chi connectivity index (χ3v) is 3.76. The maximum absolute atomic E-state index is 3.53. The van der Waals surface area contributed by atoms with Crippen LogP contribution in [0.25, 0.3) is 0 Å². The predicted octanol–water partition coefficient (Wildman–Crippen LogP) is 2.49. The summed E-state index contributed by atoms with van der Waals surface area (Å²) >= 11 is 0. The van der Waals surface area contributed by atoms with E-state index in [0.29, 0.717) is 17.5 Å². The largest absolute Gasteiger partial charge is 0.313 e. The van der Waals surface area contributed by atoms with Gasteiger partial charge < -0.3 is 5.32 Å². The van der Waals surface area contributed by atoms with Gasteiger partial charge in [-0.3, -0.25) is 4.90 Å². The Balaban J connectivity index is 2.48. The molecule has 1 rings (SSSR count). The van der Waals surface area contributed by atoms with Crippen LogP contribution in [-0.2, 0) is 0 Å². The third kappa shape index (κ3) is 3.76. The van der Waals surface area contributed by atoms with Crippen LogP contribution in [0.4, 0.5) is 0 Å². The molecule has 0 aromatic carbocycles. The van der Waals surface area contributed by atoms with Crippen molar-refractivity contribution in [1.29, 1.82) is 0 Å². The lowest BCUT2D eigenvalue weighted by Crippen LogP contribution is -2.52. The van der Waals surface area contributed by atoms with Crippen molar-refractivity contribution < 1.29 is 0 Å². The lowest BCUT2D eigenvalue weighted by molar-refractivity contribution is 0.0713. The van der Waals surface area contributed by atoms with Gasteiger partial charge in [0.15, 0.2) is 0 Å². The quantitative estimate of drug-likeness (QED) is 0.770. The van der Waals surface area contributed by atoms with E-state index in [4.69, 9.17) is 0 Å². The van der Waals surface area contributed by atoms with Crippen LogP contribution in [-0.4, -0.2) is 36.6 Å². The lowest BCUT2D eigenvalue weighted by atomic mass is 9.83. The van der Waals surface area contributed by atoms with Gasteiger partial charge in [0.05, 0.1) is 0 Å². The van der Waals surface area contributed by atoms with Crippen molar-refractivity contribution in [2.75, 3.05) is 19.6 Å². The van der Waals surface area contributed by atoms with Crippen LogP contribution in [0.3, 0.4) is 0 Å². The van der Waals surface area contributed by atoms with Gasteiger partial charge in [-0.15, -0.1) is 0 Å². The van der Waals surface area contributed by atoms with E-state index >= 15 is 0 Å². The summed E-state index contributed by atoms with van der Waals surface area (Å²) in [6.07, 6.45) is 2.74. The Morgan fingerprint density at radius 2 is 2.00 bits per heavy atom. The molecule has 1 fully saturated rings. The number of hydrogen-bond donors (Lipinski definition) is 1. The van der Waals surface area contributed by atoms with Crippen LogP contribution in [0.1, 0.15) is 47.5 Å².